The minimum atomic E-state index is -0.537. The zero-order valence-corrected chi connectivity index (χ0v) is 11.5. The van der Waals surface area contributed by atoms with Crippen LogP contribution in [0.25, 0.3) is 0 Å². The molecule has 0 bridgehead atoms. The van der Waals surface area contributed by atoms with Gasteiger partial charge in [-0.3, -0.25) is 4.79 Å². The van der Waals surface area contributed by atoms with Crippen LogP contribution in [-0.2, 0) is 11.2 Å². The Morgan fingerprint density at radius 1 is 1.29 bits per heavy atom. The van der Waals surface area contributed by atoms with Crippen molar-refractivity contribution in [1.82, 2.24) is 0 Å². The van der Waals surface area contributed by atoms with Gasteiger partial charge in [0.1, 0.15) is 0 Å². The molecular formula is C13H12BrNOS. The lowest BCUT2D eigenvalue weighted by molar-refractivity contribution is -0.119. The van der Waals surface area contributed by atoms with E-state index in [4.69, 9.17) is 5.73 Å². The van der Waals surface area contributed by atoms with E-state index in [1.165, 1.54) is 0 Å². The van der Waals surface area contributed by atoms with E-state index < -0.39 is 6.04 Å². The Kier molecular flexibility index (Phi) is 4.10. The Labute approximate surface area is 113 Å². The Morgan fingerprint density at radius 2 is 2.00 bits per heavy atom. The first-order chi connectivity index (χ1) is 8.18. The molecule has 1 aromatic carbocycles. The molecule has 0 aliphatic heterocycles. The molecular weight excluding hydrogens is 298 g/mol. The summed E-state index contributed by atoms with van der Waals surface area (Å²) in [7, 11) is 0. The number of hydrogen-bond acceptors (Lipinski definition) is 3. The quantitative estimate of drug-likeness (QED) is 0.941. The van der Waals surface area contributed by atoms with E-state index in [0.29, 0.717) is 6.42 Å². The van der Waals surface area contributed by atoms with Gasteiger partial charge in [-0.2, -0.15) is 0 Å². The van der Waals surface area contributed by atoms with Crippen LogP contribution in [0.5, 0.6) is 0 Å². The summed E-state index contributed by atoms with van der Waals surface area (Å²) in [6.45, 7) is 0. The van der Waals surface area contributed by atoms with Gasteiger partial charge in [0.2, 0.25) is 0 Å². The highest BCUT2D eigenvalue weighted by atomic mass is 79.9. The van der Waals surface area contributed by atoms with Crippen LogP contribution in [0, 0.1) is 0 Å². The third kappa shape index (κ3) is 3.03. The van der Waals surface area contributed by atoms with Crippen molar-refractivity contribution in [3.05, 3.63) is 56.7 Å². The first-order valence-electron chi connectivity index (χ1n) is 5.23. The van der Waals surface area contributed by atoms with E-state index in [2.05, 4.69) is 15.9 Å². The monoisotopic (exact) mass is 309 g/mol. The molecule has 0 spiro atoms. The largest absolute Gasteiger partial charge is 0.318 e. The van der Waals surface area contributed by atoms with Crippen LogP contribution >= 0.6 is 27.3 Å². The summed E-state index contributed by atoms with van der Waals surface area (Å²) in [6, 6.07) is 10.9. The van der Waals surface area contributed by atoms with E-state index in [9.17, 15) is 4.79 Å². The molecule has 88 valence electrons. The van der Waals surface area contributed by atoms with Crippen LogP contribution in [0.2, 0.25) is 0 Å². The minimum Gasteiger partial charge on any atom is -0.318 e. The van der Waals surface area contributed by atoms with Crippen molar-refractivity contribution in [2.45, 2.75) is 12.5 Å². The van der Waals surface area contributed by atoms with Gasteiger partial charge in [-0.1, -0.05) is 30.3 Å². The molecule has 0 aliphatic carbocycles. The second kappa shape index (κ2) is 5.58. The summed E-state index contributed by atoms with van der Waals surface area (Å²) < 4.78 is 0.983. The van der Waals surface area contributed by atoms with Gasteiger partial charge in [0, 0.05) is 15.8 Å². The number of halogens is 1. The molecule has 0 amide bonds. The molecule has 2 nitrogen and oxygen atoms in total. The molecule has 2 aromatic rings. The van der Waals surface area contributed by atoms with Gasteiger partial charge < -0.3 is 5.73 Å². The van der Waals surface area contributed by atoms with Gasteiger partial charge in [0.15, 0.2) is 5.78 Å². The van der Waals surface area contributed by atoms with Crippen LogP contribution in [0.3, 0.4) is 0 Å². The maximum absolute atomic E-state index is 12.0. The Morgan fingerprint density at radius 3 is 2.59 bits per heavy atom. The molecule has 0 radical (unpaired) electrons. The van der Waals surface area contributed by atoms with Crippen molar-refractivity contribution >= 4 is 33.0 Å². The van der Waals surface area contributed by atoms with Crippen molar-refractivity contribution in [3.8, 4) is 0 Å². The third-order valence-electron chi connectivity index (χ3n) is 2.53. The van der Waals surface area contributed by atoms with Gasteiger partial charge in [0.25, 0.3) is 0 Å². The van der Waals surface area contributed by atoms with E-state index in [-0.39, 0.29) is 5.78 Å². The summed E-state index contributed by atoms with van der Waals surface area (Å²) >= 11 is 4.98. The second-order valence-electron chi connectivity index (χ2n) is 3.72. The smallest absolute Gasteiger partial charge is 0.159 e. The lowest BCUT2D eigenvalue weighted by Crippen LogP contribution is -2.22. The van der Waals surface area contributed by atoms with Gasteiger partial charge >= 0.3 is 0 Å². The zero-order chi connectivity index (χ0) is 12.3. The Hall–Kier alpha value is -0.970. The molecule has 1 unspecified atom stereocenters. The van der Waals surface area contributed by atoms with Gasteiger partial charge in [0.05, 0.1) is 6.04 Å². The van der Waals surface area contributed by atoms with Crippen molar-refractivity contribution in [2.75, 3.05) is 0 Å². The summed E-state index contributed by atoms with van der Waals surface area (Å²) in [6.07, 6.45) is 0.383. The second-order valence-corrected chi connectivity index (χ2v) is 5.58. The molecule has 2 N–H and O–H groups in total. The number of hydrogen-bond donors (Lipinski definition) is 1. The fourth-order valence-corrected chi connectivity index (χ4v) is 3.07. The minimum absolute atomic E-state index is 0.0411. The maximum atomic E-state index is 12.0. The van der Waals surface area contributed by atoms with E-state index in [0.717, 1.165) is 14.9 Å². The predicted octanol–water partition coefficient (Wildman–Crippen LogP) is 3.32. The molecule has 0 saturated carbocycles. The standard InChI is InChI=1S/C13H12BrNOS/c14-10-6-7-17-12(10)8-11(16)13(15)9-4-2-1-3-5-9/h1-7,13H,8,15H2. The number of nitrogens with two attached hydrogens (primary N) is 1. The Balaban J connectivity index is 2.09. The van der Waals surface area contributed by atoms with Crippen molar-refractivity contribution in [1.29, 1.82) is 0 Å². The number of ketones is 1. The predicted molar refractivity (Wildman–Crippen MR) is 74.1 cm³/mol. The van der Waals surface area contributed by atoms with Crippen LogP contribution in [0.1, 0.15) is 16.5 Å². The van der Waals surface area contributed by atoms with Gasteiger partial charge in [-0.15, -0.1) is 11.3 Å². The number of thiophene rings is 1. The Bertz CT molecular complexity index is 509. The average Bonchev–Trinajstić information content (AvgIpc) is 2.75. The molecule has 0 saturated heterocycles. The molecule has 4 heteroatoms. The highest BCUT2D eigenvalue weighted by Gasteiger charge is 2.17. The molecule has 1 heterocycles. The third-order valence-corrected chi connectivity index (χ3v) is 4.46. The highest BCUT2D eigenvalue weighted by molar-refractivity contribution is 9.10. The van der Waals surface area contributed by atoms with Crippen molar-refractivity contribution in [3.63, 3.8) is 0 Å². The van der Waals surface area contributed by atoms with Crippen molar-refractivity contribution < 1.29 is 4.79 Å². The zero-order valence-electron chi connectivity index (χ0n) is 9.10. The first kappa shape index (κ1) is 12.5. The number of carbonyl (C=O) groups excluding carboxylic acids is 1. The molecule has 1 aromatic heterocycles. The lowest BCUT2D eigenvalue weighted by Gasteiger charge is -2.10. The molecule has 0 aliphatic rings. The number of Topliss-reactive ketones (excluding diaryl/α,β-unsaturated/α-hetero) is 1. The van der Waals surface area contributed by atoms with Crippen LogP contribution < -0.4 is 5.73 Å². The highest BCUT2D eigenvalue weighted by Crippen LogP contribution is 2.24. The summed E-state index contributed by atoms with van der Waals surface area (Å²) in [5, 5.41) is 1.96. The first-order valence-corrected chi connectivity index (χ1v) is 6.91. The molecule has 17 heavy (non-hydrogen) atoms. The topological polar surface area (TPSA) is 43.1 Å². The van der Waals surface area contributed by atoms with Crippen LogP contribution in [0.4, 0.5) is 0 Å². The summed E-state index contributed by atoms with van der Waals surface area (Å²) in [5.74, 6) is 0.0411. The van der Waals surface area contributed by atoms with E-state index in [1.807, 2.05) is 41.8 Å². The van der Waals surface area contributed by atoms with E-state index in [1.54, 1.807) is 11.3 Å². The molecule has 1 atom stereocenters. The number of benzene rings is 1. The number of carbonyl (C=O) groups is 1. The summed E-state index contributed by atoms with van der Waals surface area (Å²) in [4.78, 5) is 13.1. The lowest BCUT2D eigenvalue weighted by atomic mass is 10.0. The normalized spacial score (nSPS) is 12.4. The van der Waals surface area contributed by atoms with Gasteiger partial charge in [-0.25, -0.2) is 0 Å². The SMILES string of the molecule is NC(C(=O)Cc1sccc1Br)c1ccccc1. The van der Waals surface area contributed by atoms with Crippen molar-refractivity contribution in [2.24, 2.45) is 5.73 Å². The average molecular weight is 310 g/mol. The van der Waals surface area contributed by atoms with Crippen LogP contribution in [0.15, 0.2) is 46.3 Å². The maximum Gasteiger partial charge on any atom is 0.159 e. The fraction of sp³-hybridized carbons (Fsp3) is 0.154. The van der Waals surface area contributed by atoms with Crippen LogP contribution in [-0.4, -0.2) is 5.78 Å². The number of rotatable bonds is 4. The fourth-order valence-electron chi connectivity index (χ4n) is 1.57. The van der Waals surface area contributed by atoms with Gasteiger partial charge in [-0.05, 0) is 32.9 Å². The molecule has 0 fully saturated rings. The summed E-state index contributed by atoms with van der Waals surface area (Å²) in [5.41, 5.74) is 6.81. The van der Waals surface area contributed by atoms with E-state index >= 15 is 0 Å². The molecule has 2 rings (SSSR count).